The molecule has 0 spiro atoms. The Morgan fingerprint density at radius 3 is 2.35 bits per heavy atom. The molecule has 0 saturated heterocycles. The molecule has 0 bridgehead atoms. The molecule has 0 amide bonds. The molecule has 0 unspecified atom stereocenters. The lowest BCUT2D eigenvalue weighted by Gasteiger charge is -2.15. The number of H-pyrrole nitrogens is 1. The van der Waals surface area contributed by atoms with Crippen molar-refractivity contribution in [1.82, 2.24) is 9.97 Å². The van der Waals surface area contributed by atoms with Crippen molar-refractivity contribution < 1.29 is 0 Å². The fourth-order valence-corrected chi connectivity index (χ4v) is 2.03. The number of hydrogen-bond donors (Lipinski definition) is 1. The molecule has 96 valence electrons. The van der Waals surface area contributed by atoms with Gasteiger partial charge in [-0.2, -0.15) is 0 Å². The predicted molar refractivity (Wildman–Crippen MR) is 78.2 cm³/mol. The second kappa shape index (κ2) is 5.30. The summed E-state index contributed by atoms with van der Waals surface area (Å²) in [7, 11) is 0. The molecule has 0 fully saturated rings. The summed E-state index contributed by atoms with van der Waals surface area (Å²) in [6.45, 7) is 13.3. The Hall–Kier alpha value is -0.700. The molecule has 2 nitrogen and oxygen atoms in total. The standard InChI is InChI=1S/C14H24N2S/c1-13(2,3)10-17-8-7-12-15-9-11(16-12)14(4,5)6/h7-9H,10H2,1-6H3,(H,15,16)/b8-7+. The van der Waals surface area contributed by atoms with Gasteiger partial charge < -0.3 is 4.98 Å². The lowest BCUT2D eigenvalue weighted by atomic mass is 9.93. The second-order valence-electron chi connectivity index (χ2n) is 6.61. The van der Waals surface area contributed by atoms with E-state index in [1.54, 1.807) is 0 Å². The Morgan fingerprint density at radius 2 is 1.88 bits per heavy atom. The zero-order chi connectivity index (χ0) is 13.1. The Morgan fingerprint density at radius 1 is 1.24 bits per heavy atom. The average molecular weight is 252 g/mol. The maximum Gasteiger partial charge on any atom is 0.130 e. The Kier molecular flexibility index (Phi) is 4.48. The van der Waals surface area contributed by atoms with Gasteiger partial charge in [0.25, 0.3) is 0 Å². The van der Waals surface area contributed by atoms with Crippen LogP contribution in [0.1, 0.15) is 53.1 Å². The van der Waals surface area contributed by atoms with Gasteiger partial charge in [0.05, 0.1) is 0 Å². The highest BCUT2D eigenvalue weighted by Gasteiger charge is 2.15. The molecule has 3 heteroatoms. The summed E-state index contributed by atoms with van der Waals surface area (Å²) in [5.41, 5.74) is 1.69. The van der Waals surface area contributed by atoms with E-state index in [9.17, 15) is 0 Å². The van der Waals surface area contributed by atoms with Crippen molar-refractivity contribution in [2.45, 2.75) is 47.0 Å². The van der Waals surface area contributed by atoms with E-state index in [4.69, 9.17) is 0 Å². The fourth-order valence-electron chi connectivity index (χ4n) is 1.21. The molecule has 0 aliphatic carbocycles. The monoisotopic (exact) mass is 252 g/mol. The van der Waals surface area contributed by atoms with Crippen LogP contribution in [0, 0.1) is 5.41 Å². The van der Waals surface area contributed by atoms with Gasteiger partial charge in [-0.1, -0.05) is 41.5 Å². The first-order valence-electron chi connectivity index (χ1n) is 6.02. The first-order chi connectivity index (χ1) is 7.68. The summed E-state index contributed by atoms with van der Waals surface area (Å²) in [4.78, 5) is 7.70. The Balaban J connectivity index is 2.53. The number of aromatic nitrogens is 2. The molecule has 1 heterocycles. The third kappa shape index (κ3) is 5.44. The minimum Gasteiger partial charge on any atom is -0.342 e. The SMILES string of the molecule is CC(C)(C)CS/C=C/c1ncc(C(C)(C)C)[nH]1. The normalized spacial score (nSPS) is 13.5. The molecular formula is C14H24N2S. The van der Waals surface area contributed by atoms with Crippen LogP contribution in [-0.4, -0.2) is 15.7 Å². The van der Waals surface area contributed by atoms with Crippen LogP contribution in [-0.2, 0) is 5.41 Å². The van der Waals surface area contributed by atoms with Gasteiger partial charge in [-0.05, 0) is 16.9 Å². The maximum absolute atomic E-state index is 4.36. The number of aromatic amines is 1. The van der Waals surface area contributed by atoms with Gasteiger partial charge >= 0.3 is 0 Å². The molecule has 0 radical (unpaired) electrons. The fraction of sp³-hybridized carbons (Fsp3) is 0.643. The number of nitrogens with zero attached hydrogens (tertiary/aromatic N) is 1. The van der Waals surface area contributed by atoms with Crippen LogP contribution in [0.25, 0.3) is 6.08 Å². The van der Waals surface area contributed by atoms with E-state index in [2.05, 4.69) is 56.9 Å². The number of hydrogen-bond acceptors (Lipinski definition) is 2. The largest absolute Gasteiger partial charge is 0.342 e. The summed E-state index contributed by atoms with van der Waals surface area (Å²) in [6.07, 6.45) is 3.97. The average Bonchev–Trinajstić information content (AvgIpc) is 2.58. The van der Waals surface area contributed by atoms with Gasteiger partial charge in [0.15, 0.2) is 0 Å². The summed E-state index contributed by atoms with van der Waals surface area (Å²) in [5.74, 6) is 2.06. The molecule has 0 aliphatic heterocycles. The highest BCUT2D eigenvalue weighted by Crippen LogP contribution is 2.22. The van der Waals surface area contributed by atoms with Crippen molar-refractivity contribution >= 4 is 17.8 Å². The Labute approximate surface area is 109 Å². The van der Waals surface area contributed by atoms with Crippen molar-refractivity contribution in [3.05, 3.63) is 23.1 Å². The number of thioether (sulfide) groups is 1. The first kappa shape index (κ1) is 14.4. The Bertz CT molecular complexity index is 378. The van der Waals surface area contributed by atoms with Crippen LogP contribution in [0.4, 0.5) is 0 Å². The lowest BCUT2D eigenvalue weighted by molar-refractivity contribution is 0.481. The van der Waals surface area contributed by atoms with E-state index in [1.165, 1.54) is 5.69 Å². The molecule has 0 aliphatic rings. The topological polar surface area (TPSA) is 28.7 Å². The molecular weight excluding hydrogens is 228 g/mol. The van der Waals surface area contributed by atoms with Crippen molar-refractivity contribution in [1.29, 1.82) is 0 Å². The zero-order valence-corrected chi connectivity index (χ0v) is 12.6. The van der Waals surface area contributed by atoms with Crippen molar-refractivity contribution in [2.75, 3.05) is 5.75 Å². The van der Waals surface area contributed by atoms with Gasteiger partial charge in [0.1, 0.15) is 5.82 Å². The van der Waals surface area contributed by atoms with E-state index < -0.39 is 0 Å². The minimum absolute atomic E-state index is 0.137. The van der Waals surface area contributed by atoms with E-state index in [-0.39, 0.29) is 5.41 Å². The van der Waals surface area contributed by atoms with Crippen molar-refractivity contribution in [2.24, 2.45) is 5.41 Å². The molecule has 0 atom stereocenters. The first-order valence-corrected chi connectivity index (χ1v) is 7.07. The third-order valence-electron chi connectivity index (χ3n) is 2.24. The van der Waals surface area contributed by atoms with E-state index >= 15 is 0 Å². The smallest absolute Gasteiger partial charge is 0.130 e. The van der Waals surface area contributed by atoms with E-state index in [1.807, 2.05) is 24.0 Å². The van der Waals surface area contributed by atoms with E-state index in [0.29, 0.717) is 5.41 Å². The van der Waals surface area contributed by atoms with Crippen LogP contribution < -0.4 is 0 Å². The summed E-state index contributed by atoms with van der Waals surface area (Å²) in [5, 5.41) is 2.12. The molecule has 1 N–H and O–H groups in total. The zero-order valence-electron chi connectivity index (χ0n) is 11.8. The molecule has 0 aromatic carbocycles. The van der Waals surface area contributed by atoms with Gasteiger partial charge in [-0.25, -0.2) is 4.98 Å². The summed E-state index contributed by atoms with van der Waals surface area (Å²) >= 11 is 1.83. The van der Waals surface area contributed by atoms with Crippen LogP contribution in [0.5, 0.6) is 0 Å². The summed E-state index contributed by atoms with van der Waals surface area (Å²) in [6, 6.07) is 0. The number of imidazole rings is 1. The highest BCUT2D eigenvalue weighted by atomic mass is 32.2. The van der Waals surface area contributed by atoms with Crippen LogP contribution in [0.2, 0.25) is 0 Å². The summed E-state index contributed by atoms with van der Waals surface area (Å²) < 4.78 is 0. The van der Waals surface area contributed by atoms with Gasteiger partial charge in [0, 0.05) is 23.1 Å². The third-order valence-corrected chi connectivity index (χ3v) is 3.60. The van der Waals surface area contributed by atoms with Crippen LogP contribution in [0.15, 0.2) is 11.6 Å². The number of rotatable bonds is 3. The maximum atomic E-state index is 4.36. The quantitative estimate of drug-likeness (QED) is 0.860. The number of nitrogens with one attached hydrogen (secondary N) is 1. The molecule has 1 rings (SSSR count). The van der Waals surface area contributed by atoms with Crippen molar-refractivity contribution in [3.8, 4) is 0 Å². The van der Waals surface area contributed by atoms with Crippen LogP contribution >= 0.6 is 11.8 Å². The van der Waals surface area contributed by atoms with Crippen LogP contribution in [0.3, 0.4) is 0 Å². The lowest BCUT2D eigenvalue weighted by Crippen LogP contribution is -2.11. The van der Waals surface area contributed by atoms with Gasteiger partial charge in [-0.15, -0.1) is 11.8 Å². The van der Waals surface area contributed by atoms with Crippen molar-refractivity contribution in [3.63, 3.8) is 0 Å². The molecule has 1 aromatic heterocycles. The van der Waals surface area contributed by atoms with E-state index in [0.717, 1.165) is 11.6 Å². The molecule has 0 saturated carbocycles. The minimum atomic E-state index is 0.137. The van der Waals surface area contributed by atoms with Gasteiger partial charge in [0.2, 0.25) is 0 Å². The predicted octanol–water partition coefficient (Wildman–Crippen LogP) is 4.46. The second-order valence-corrected chi connectivity index (χ2v) is 7.50. The molecule has 1 aromatic rings. The van der Waals surface area contributed by atoms with Gasteiger partial charge in [-0.3, -0.25) is 0 Å². The molecule has 17 heavy (non-hydrogen) atoms. The highest BCUT2D eigenvalue weighted by molar-refractivity contribution is 8.02.